The van der Waals surface area contributed by atoms with Gasteiger partial charge < -0.3 is 26.2 Å². The van der Waals surface area contributed by atoms with Crippen LogP contribution in [0.2, 0.25) is 0 Å². The number of aromatic nitrogens is 1. The topological polar surface area (TPSA) is 127 Å². The Balaban J connectivity index is 2.38. The van der Waals surface area contributed by atoms with Crippen molar-refractivity contribution >= 4 is 28.3 Å². The summed E-state index contributed by atoms with van der Waals surface area (Å²) < 4.78 is 4.79. The average molecular weight is 288 g/mol. The van der Waals surface area contributed by atoms with Crippen molar-refractivity contribution in [3.8, 4) is 0 Å². The van der Waals surface area contributed by atoms with Crippen molar-refractivity contribution in [2.45, 2.75) is 6.04 Å². The number of nitrogens with one attached hydrogen (secondary N) is 2. The number of hydrogen-bond acceptors (Lipinski definition) is 7. The van der Waals surface area contributed by atoms with E-state index < -0.39 is 12.0 Å². The van der Waals surface area contributed by atoms with Crippen molar-refractivity contribution in [3.05, 3.63) is 11.1 Å². The van der Waals surface area contributed by atoms with Crippen LogP contribution in [-0.2, 0) is 14.3 Å². The molecule has 0 fully saturated rings. The van der Waals surface area contributed by atoms with Crippen molar-refractivity contribution in [2.24, 2.45) is 5.73 Å². The molecule has 8 nitrogen and oxygen atoms in total. The number of carbonyl (C=O) groups is 2. The Morgan fingerprint density at radius 2 is 2.37 bits per heavy atom. The lowest BCUT2D eigenvalue weighted by atomic mass is 10.2. The van der Waals surface area contributed by atoms with Crippen LogP contribution in [-0.4, -0.2) is 48.8 Å². The third-order valence-electron chi connectivity index (χ3n) is 2.14. The van der Waals surface area contributed by atoms with Crippen molar-refractivity contribution in [1.82, 2.24) is 10.3 Å². The number of nitrogens with two attached hydrogens (primary N) is 1. The number of carbonyl (C=O) groups excluding carboxylic acids is 1. The number of amides is 1. The van der Waals surface area contributed by atoms with Gasteiger partial charge >= 0.3 is 5.97 Å². The second kappa shape index (κ2) is 7.67. The number of carboxylic acids is 1. The van der Waals surface area contributed by atoms with Crippen molar-refractivity contribution in [3.63, 3.8) is 0 Å². The number of carboxylic acid groups (broad SMARTS) is 1. The minimum Gasteiger partial charge on any atom is -0.480 e. The van der Waals surface area contributed by atoms with Crippen molar-refractivity contribution in [1.29, 1.82) is 0 Å². The zero-order chi connectivity index (χ0) is 14.3. The number of thiazole rings is 1. The first-order chi connectivity index (χ1) is 9.04. The van der Waals surface area contributed by atoms with Crippen LogP contribution in [0.3, 0.4) is 0 Å². The van der Waals surface area contributed by atoms with Gasteiger partial charge in [0.15, 0.2) is 5.13 Å². The number of ether oxygens (including phenoxy) is 1. The standard InChI is InChI=1S/C10H16N4O4S/c1-18-3-2-12-7(15)4-13-10-14-6(5-19-10)8(11)9(16)17/h5,8H,2-4,11H2,1H3,(H,12,15)(H,13,14)(H,16,17). The van der Waals surface area contributed by atoms with Gasteiger partial charge in [0.25, 0.3) is 0 Å². The summed E-state index contributed by atoms with van der Waals surface area (Å²) in [6, 6.07) is -1.15. The Hall–Kier alpha value is -1.71. The third-order valence-corrected chi connectivity index (χ3v) is 2.95. The molecule has 0 radical (unpaired) electrons. The summed E-state index contributed by atoms with van der Waals surface area (Å²) in [6.07, 6.45) is 0. The van der Waals surface area contributed by atoms with Crippen LogP contribution >= 0.6 is 11.3 Å². The highest BCUT2D eigenvalue weighted by atomic mass is 32.1. The molecule has 1 atom stereocenters. The number of hydrogen-bond donors (Lipinski definition) is 4. The molecular weight excluding hydrogens is 272 g/mol. The van der Waals surface area contributed by atoms with Crippen LogP contribution in [0.4, 0.5) is 5.13 Å². The van der Waals surface area contributed by atoms with Crippen LogP contribution in [0.25, 0.3) is 0 Å². The fourth-order valence-electron chi connectivity index (χ4n) is 1.15. The van der Waals surface area contributed by atoms with Gasteiger partial charge in [-0.15, -0.1) is 11.3 Å². The number of anilines is 1. The first kappa shape index (κ1) is 15.3. The average Bonchev–Trinajstić information content (AvgIpc) is 2.84. The molecule has 1 aromatic heterocycles. The summed E-state index contributed by atoms with van der Waals surface area (Å²) in [4.78, 5) is 26.0. The maximum absolute atomic E-state index is 11.4. The Morgan fingerprint density at radius 1 is 1.63 bits per heavy atom. The molecule has 1 unspecified atom stereocenters. The van der Waals surface area contributed by atoms with Crippen molar-refractivity contribution in [2.75, 3.05) is 32.1 Å². The van der Waals surface area contributed by atoms with Gasteiger partial charge in [0.1, 0.15) is 6.04 Å². The summed E-state index contributed by atoms with van der Waals surface area (Å²) in [5.41, 5.74) is 5.68. The lowest BCUT2D eigenvalue weighted by molar-refractivity contribution is -0.138. The molecule has 0 aromatic carbocycles. The maximum Gasteiger partial charge on any atom is 0.326 e. The number of nitrogens with zero attached hydrogens (tertiary/aromatic N) is 1. The van der Waals surface area contributed by atoms with Crippen molar-refractivity contribution < 1.29 is 19.4 Å². The molecule has 0 aliphatic carbocycles. The molecule has 0 spiro atoms. The van der Waals surface area contributed by atoms with E-state index in [1.807, 2.05) is 0 Å². The van der Waals surface area contributed by atoms with Gasteiger partial charge in [-0.25, -0.2) is 4.98 Å². The molecule has 9 heteroatoms. The van der Waals surface area contributed by atoms with Crippen LogP contribution in [0.5, 0.6) is 0 Å². The van der Waals surface area contributed by atoms with Gasteiger partial charge in [-0.05, 0) is 0 Å². The summed E-state index contributed by atoms with van der Waals surface area (Å²) in [5, 5.41) is 16.1. The van der Waals surface area contributed by atoms with E-state index >= 15 is 0 Å². The van der Waals surface area contributed by atoms with Crippen LogP contribution < -0.4 is 16.4 Å². The Morgan fingerprint density at radius 3 is 3.00 bits per heavy atom. The molecule has 5 N–H and O–H groups in total. The second-order valence-corrected chi connectivity index (χ2v) is 4.45. The quantitative estimate of drug-likeness (QED) is 0.470. The molecule has 1 aromatic rings. The van der Waals surface area contributed by atoms with Gasteiger partial charge in [0, 0.05) is 19.0 Å². The smallest absolute Gasteiger partial charge is 0.326 e. The monoisotopic (exact) mass is 288 g/mol. The van der Waals surface area contributed by atoms with E-state index in [2.05, 4.69) is 15.6 Å². The molecule has 0 aliphatic heterocycles. The number of methoxy groups -OCH3 is 1. The third kappa shape index (κ3) is 5.20. The second-order valence-electron chi connectivity index (χ2n) is 3.59. The zero-order valence-corrected chi connectivity index (χ0v) is 11.2. The lowest BCUT2D eigenvalue weighted by Gasteiger charge is -2.05. The first-order valence-electron chi connectivity index (χ1n) is 5.48. The molecule has 1 heterocycles. The normalized spacial score (nSPS) is 11.9. The van der Waals surface area contributed by atoms with Crippen LogP contribution in [0, 0.1) is 0 Å². The van der Waals surface area contributed by atoms with E-state index in [4.69, 9.17) is 15.6 Å². The molecule has 1 rings (SSSR count). The zero-order valence-electron chi connectivity index (χ0n) is 10.4. The first-order valence-corrected chi connectivity index (χ1v) is 6.36. The predicted octanol–water partition coefficient (Wildman–Crippen LogP) is -0.598. The highest BCUT2D eigenvalue weighted by molar-refractivity contribution is 7.13. The minimum absolute atomic E-state index is 0.0545. The summed E-state index contributed by atoms with van der Waals surface area (Å²) in [7, 11) is 1.55. The number of rotatable bonds is 8. The minimum atomic E-state index is -1.15. The van der Waals surface area contributed by atoms with E-state index in [0.29, 0.717) is 18.3 Å². The van der Waals surface area contributed by atoms with Gasteiger partial charge in [-0.1, -0.05) is 0 Å². The fraction of sp³-hybridized carbons (Fsp3) is 0.500. The van der Waals surface area contributed by atoms with Crippen LogP contribution in [0.15, 0.2) is 5.38 Å². The molecule has 106 valence electrons. The summed E-state index contributed by atoms with van der Waals surface area (Å²) in [6.45, 7) is 0.934. The maximum atomic E-state index is 11.4. The SMILES string of the molecule is COCCNC(=O)CNc1nc(C(N)C(=O)O)cs1. The van der Waals surface area contributed by atoms with Gasteiger partial charge in [0.2, 0.25) is 5.91 Å². The molecule has 0 saturated carbocycles. The van der Waals surface area contributed by atoms with Gasteiger partial charge in [0.05, 0.1) is 18.8 Å². The largest absolute Gasteiger partial charge is 0.480 e. The highest BCUT2D eigenvalue weighted by Crippen LogP contribution is 2.19. The van der Waals surface area contributed by atoms with E-state index in [-0.39, 0.29) is 18.1 Å². The van der Waals surface area contributed by atoms with E-state index in [9.17, 15) is 9.59 Å². The Kier molecular flexibility index (Phi) is 6.19. The highest BCUT2D eigenvalue weighted by Gasteiger charge is 2.17. The fourth-order valence-corrected chi connectivity index (χ4v) is 1.89. The van der Waals surface area contributed by atoms with Gasteiger partial charge in [-0.2, -0.15) is 0 Å². The molecule has 0 aliphatic rings. The van der Waals surface area contributed by atoms with E-state index in [1.165, 1.54) is 11.3 Å². The molecule has 0 bridgehead atoms. The van der Waals surface area contributed by atoms with Crippen LogP contribution in [0.1, 0.15) is 11.7 Å². The molecule has 19 heavy (non-hydrogen) atoms. The summed E-state index contributed by atoms with van der Waals surface area (Å²) >= 11 is 1.20. The lowest BCUT2D eigenvalue weighted by Crippen LogP contribution is -2.32. The molecular formula is C10H16N4O4S. The Bertz CT molecular complexity index is 437. The van der Waals surface area contributed by atoms with E-state index in [0.717, 1.165) is 0 Å². The Labute approximate surface area is 114 Å². The predicted molar refractivity (Wildman–Crippen MR) is 70.1 cm³/mol. The summed E-state index contributed by atoms with van der Waals surface area (Å²) in [5.74, 6) is -1.34. The molecule has 0 saturated heterocycles. The number of aliphatic carboxylic acids is 1. The molecule has 1 amide bonds. The van der Waals surface area contributed by atoms with Gasteiger partial charge in [-0.3, -0.25) is 9.59 Å². The van der Waals surface area contributed by atoms with E-state index in [1.54, 1.807) is 12.5 Å².